The van der Waals surface area contributed by atoms with Crippen LogP contribution in [0, 0.1) is 6.92 Å². The van der Waals surface area contributed by atoms with E-state index in [1.54, 1.807) is 6.33 Å². The summed E-state index contributed by atoms with van der Waals surface area (Å²) in [6.45, 7) is 10.2. The van der Waals surface area contributed by atoms with Gasteiger partial charge < -0.3 is 0 Å². The second kappa shape index (κ2) is 4.89. The lowest BCUT2D eigenvalue weighted by molar-refractivity contribution is 0.768. The topological polar surface area (TPSA) is 25.8 Å². The molecule has 1 rings (SSSR count). The first-order valence-corrected chi connectivity index (χ1v) is 5.13. The lowest BCUT2D eigenvalue weighted by Gasteiger charge is -2.09. The monoisotopic (exact) mass is 190 g/mol. The zero-order valence-electron chi connectivity index (χ0n) is 9.30. The zero-order chi connectivity index (χ0) is 10.6. The number of rotatable bonds is 4. The molecule has 76 valence electrons. The van der Waals surface area contributed by atoms with Crippen LogP contribution in [0.2, 0.25) is 0 Å². The molecule has 0 saturated heterocycles. The smallest absolute Gasteiger partial charge is 0.115 e. The van der Waals surface area contributed by atoms with E-state index >= 15 is 0 Å². The van der Waals surface area contributed by atoms with Crippen molar-refractivity contribution in [2.24, 2.45) is 0 Å². The van der Waals surface area contributed by atoms with Gasteiger partial charge in [0.05, 0.1) is 5.69 Å². The third kappa shape index (κ3) is 2.41. The maximum absolute atomic E-state index is 4.33. The number of nitrogens with zero attached hydrogens (tertiary/aromatic N) is 2. The molecule has 0 aliphatic heterocycles. The number of hydrogen-bond acceptors (Lipinski definition) is 2. The van der Waals surface area contributed by atoms with Gasteiger partial charge in [0.15, 0.2) is 0 Å². The fourth-order valence-corrected chi connectivity index (χ4v) is 1.61. The van der Waals surface area contributed by atoms with Crippen LogP contribution in [-0.2, 0) is 6.42 Å². The maximum atomic E-state index is 4.33. The van der Waals surface area contributed by atoms with Crippen LogP contribution in [0.25, 0.3) is 5.57 Å². The van der Waals surface area contributed by atoms with Gasteiger partial charge in [-0.05, 0) is 32.3 Å². The van der Waals surface area contributed by atoms with Crippen LogP contribution in [0.4, 0.5) is 0 Å². The Morgan fingerprint density at radius 2 is 2.14 bits per heavy atom. The summed E-state index contributed by atoms with van der Waals surface area (Å²) in [4.78, 5) is 8.52. The Kier molecular flexibility index (Phi) is 3.81. The highest BCUT2D eigenvalue weighted by Crippen LogP contribution is 2.19. The Morgan fingerprint density at radius 1 is 1.43 bits per heavy atom. The summed E-state index contributed by atoms with van der Waals surface area (Å²) in [5, 5.41) is 0. The highest BCUT2D eigenvalue weighted by Gasteiger charge is 2.07. The molecule has 0 bridgehead atoms. The number of hydrogen-bond donors (Lipinski definition) is 0. The lowest BCUT2D eigenvalue weighted by atomic mass is 10.0. The standard InChI is InChI=1S/C12H18N2/c1-5-6-7-11-12(9(2)3)10(4)13-8-14-11/h8H,2,5-7H2,1,3-4H3. The lowest BCUT2D eigenvalue weighted by Crippen LogP contribution is -2.01. The summed E-state index contributed by atoms with van der Waals surface area (Å²) in [5.41, 5.74) is 4.40. The van der Waals surface area contributed by atoms with E-state index in [1.807, 2.05) is 13.8 Å². The Bertz CT molecular complexity index is 329. The first kappa shape index (κ1) is 10.9. The fraction of sp³-hybridized carbons (Fsp3) is 0.500. The molecule has 1 aromatic heterocycles. The third-order valence-corrected chi connectivity index (χ3v) is 2.31. The molecule has 0 unspecified atom stereocenters. The summed E-state index contributed by atoms with van der Waals surface area (Å²) in [7, 11) is 0. The van der Waals surface area contributed by atoms with Gasteiger partial charge in [0.2, 0.25) is 0 Å². The van der Waals surface area contributed by atoms with E-state index in [0.29, 0.717) is 0 Å². The number of unbranched alkanes of at least 4 members (excludes halogenated alkanes) is 1. The molecule has 1 heterocycles. The summed E-state index contributed by atoms with van der Waals surface area (Å²) in [5.74, 6) is 0. The average Bonchev–Trinajstić information content (AvgIpc) is 2.14. The average molecular weight is 190 g/mol. The second-order valence-electron chi connectivity index (χ2n) is 3.66. The van der Waals surface area contributed by atoms with Crippen molar-refractivity contribution in [3.05, 3.63) is 29.9 Å². The fourth-order valence-electron chi connectivity index (χ4n) is 1.61. The van der Waals surface area contributed by atoms with Crippen molar-refractivity contribution >= 4 is 5.57 Å². The third-order valence-electron chi connectivity index (χ3n) is 2.31. The van der Waals surface area contributed by atoms with Crippen LogP contribution in [0.3, 0.4) is 0 Å². The van der Waals surface area contributed by atoms with Crippen molar-refractivity contribution in [1.29, 1.82) is 0 Å². The minimum Gasteiger partial charge on any atom is -0.241 e. The molecule has 0 saturated carbocycles. The first-order chi connectivity index (χ1) is 6.66. The van der Waals surface area contributed by atoms with E-state index in [-0.39, 0.29) is 0 Å². The van der Waals surface area contributed by atoms with Crippen LogP contribution in [-0.4, -0.2) is 9.97 Å². The van der Waals surface area contributed by atoms with Gasteiger partial charge >= 0.3 is 0 Å². The van der Waals surface area contributed by atoms with E-state index in [2.05, 4.69) is 23.5 Å². The van der Waals surface area contributed by atoms with E-state index < -0.39 is 0 Å². The van der Waals surface area contributed by atoms with Crippen molar-refractivity contribution in [3.8, 4) is 0 Å². The summed E-state index contributed by atoms with van der Waals surface area (Å²) < 4.78 is 0. The van der Waals surface area contributed by atoms with Crippen molar-refractivity contribution in [2.45, 2.75) is 40.0 Å². The Labute approximate surface area is 86.1 Å². The summed E-state index contributed by atoms with van der Waals surface area (Å²) in [6, 6.07) is 0. The number of aryl methyl sites for hydroxylation is 2. The largest absolute Gasteiger partial charge is 0.241 e. The molecule has 0 fully saturated rings. The van der Waals surface area contributed by atoms with E-state index in [9.17, 15) is 0 Å². The molecule has 1 aromatic rings. The van der Waals surface area contributed by atoms with E-state index in [1.165, 1.54) is 12.8 Å². The van der Waals surface area contributed by atoms with Crippen molar-refractivity contribution in [3.63, 3.8) is 0 Å². The Balaban J connectivity index is 3.02. The predicted molar refractivity (Wildman–Crippen MR) is 60.1 cm³/mol. The van der Waals surface area contributed by atoms with Crippen LogP contribution in [0.1, 0.15) is 43.6 Å². The molecule has 2 heteroatoms. The molecule has 0 aliphatic rings. The predicted octanol–water partition coefficient (Wildman–Crippen LogP) is 3.16. The van der Waals surface area contributed by atoms with Crippen molar-refractivity contribution in [1.82, 2.24) is 9.97 Å². The molecule has 0 atom stereocenters. The Morgan fingerprint density at radius 3 is 2.71 bits per heavy atom. The molecule has 14 heavy (non-hydrogen) atoms. The first-order valence-electron chi connectivity index (χ1n) is 5.13. The molecule has 0 N–H and O–H groups in total. The maximum Gasteiger partial charge on any atom is 0.115 e. The zero-order valence-corrected chi connectivity index (χ0v) is 9.30. The molecular formula is C12H18N2. The second-order valence-corrected chi connectivity index (χ2v) is 3.66. The highest BCUT2D eigenvalue weighted by atomic mass is 14.8. The number of aromatic nitrogens is 2. The minimum atomic E-state index is 1.03. The van der Waals surface area contributed by atoms with Gasteiger partial charge in [-0.2, -0.15) is 0 Å². The molecule has 0 aromatic carbocycles. The van der Waals surface area contributed by atoms with Crippen molar-refractivity contribution in [2.75, 3.05) is 0 Å². The minimum absolute atomic E-state index is 1.03. The Hall–Kier alpha value is -1.18. The van der Waals surface area contributed by atoms with Crippen LogP contribution in [0.15, 0.2) is 12.9 Å². The molecule has 0 radical (unpaired) electrons. The molecule has 0 aliphatic carbocycles. The van der Waals surface area contributed by atoms with E-state index in [4.69, 9.17) is 0 Å². The van der Waals surface area contributed by atoms with Gasteiger partial charge in [-0.15, -0.1) is 0 Å². The van der Waals surface area contributed by atoms with Gasteiger partial charge in [0.1, 0.15) is 6.33 Å². The quantitative estimate of drug-likeness (QED) is 0.728. The summed E-state index contributed by atoms with van der Waals surface area (Å²) in [6.07, 6.45) is 5.05. The van der Waals surface area contributed by atoms with Crippen LogP contribution in [0.5, 0.6) is 0 Å². The van der Waals surface area contributed by atoms with Gasteiger partial charge in [0.25, 0.3) is 0 Å². The summed E-state index contributed by atoms with van der Waals surface area (Å²) >= 11 is 0. The van der Waals surface area contributed by atoms with Crippen molar-refractivity contribution < 1.29 is 0 Å². The normalized spacial score (nSPS) is 10.2. The molecular weight excluding hydrogens is 172 g/mol. The van der Waals surface area contributed by atoms with Crippen LogP contribution < -0.4 is 0 Å². The van der Waals surface area contributed by atoms with Gasteiger partial charge in [-0.25, -0.2) is 9.97 Å². The van der Waals surface area contributed by atoms with Gasteiger partial charge in [-0.3, -0.25) is 0 Å². The molecule has 2 nitrogen and oxygen atoms in total. The molecule has 0 amide bonds. The van der Waals surface area contributed by atoms with E-state index in [0.717, 1.165) is 28.9 Å². The molecule has 0 spiro atoms. The van der Waals surface area contributed by atoms with Gasteiger partial charge in [0, 0.05) is 11.3 Å². The van der Waals surface area contributed by atoms with Crippen LogP contribution >= 0.6 is 0 Å². The number of allylic oxidation sites excluding steroid dienone is 1. The van der Waals surface area contributed by atoms with Gasteiger partial charge in [-0.1, -0.05) is 19.9 Å². The highest BCUT2D eigenvalue weighted by molar-refractivity contribution is 5.64. The SMILES string of the molecule is C=C(C)c1c(C)ncnc1CCCC.